The molecule has 2 heterocycles. The smallest absolute Gasteiger partial charge is 0.217 e. The molecule has 2 aromatic rings. The molecule has 2 N–H and O–H groups in total. The average Bonchev–Trinajstić information content (AvgIpc) is 2.71. The first-order chi connectivity index (χ1) is 7.75. The number of aromatic nitrogens is 3. The van der Waals surface area contributed by atoms with Crippen molar-refractivity contribution in [1.82, 2.24) is 20.5 Å². The second-order valence-electron chi connectivity index (χ2n) is 3.24. The third kappa shape index (κ3) is 2.36. The van der Waals surface area contributed by atoms with Gasteiger partial charge in [-0.05, 0) is 6.07 Å². The molecular weight excluding hydrogens is 204 g/mol. The molecule has 0 aromatic carbocycles. The van der Waals surface area contributed by atoms with E-state index in [9.17, 15) is 4.79 Å². The van der Waals surface area contributed by atoms with E-state index < -0.39 is 0 Å². The Bertz CT molecular complexity index is 576. The third-order valence-corrected chi connectivity index (χ3v) is 1.95. The van der Waals surface area contributed by atoms with Crippen molar-refractivity contribution in [3.63, 3.8) is 0 Å². The lowest BCUT2D eigenvalue weighted by Crippen LogP contribution is -2.19. The van der Waals surface area contributed by atoms with Gasteiger partial charge >= 0.3 is 0 Å². The van der Waals surface area contributed by atoms with Crippen LogP contribution < -0.4 is 5.32 Å². The van der Waals surface area contributed by atoms with E-state index in [1.54, 1.807) is 12.4 Å². The van der Waals surface area contributed by atoms with Crippen molar-refractivity contribution in [3.05, 3.63) is 24.0 Å². The molecule has 16 heavy (non-hydrogen) atoms. The van der Waals surface area contributed by atoms with Crippen LogP contribution in [-0.2, 0) is 4.79 Å². The topological polar surface area (TPSA) is 70.7 Å². The molecule has 2 aromatic heterocycles. The molecule has 0 bridgehead atoms. The Hall–Kier alpha value is -2.35. The lowest BCUT2D eigenvalue weighted by Gasteiger charge is -1.92. The number of amides is 1. The maximum absolute atomic E-state index is 10.6. The number of H-pyrrole nitrogens is 1. The van der Waals surface area contributed by atoms with Gasteiger partial charge in [-0.15, -0.1) is 0 Å². The number of nitrogens with zero attached hydrogens (tertiary/aromatic N) is 2. The number of aromatic amines is 1. The predicted molar refractivity (Wildman–Crippen MR) is 59.5 cm³/mol. The molecule has 0 fully saturated rings. The summed E-state index contributed by atoms with van der Waals surface area (Å²) in [5, 5.41) is 10.2. The summed E-state index contributed by atoms with van der Waals surface area (Å²) in [5.74, 6) is 5.66. The second kappa shape index (κ2) is 4.45. The van der Waals surface area contributed by atoms with Gasteiger partial charge in [0.2, 0.25) is 5.91 Å². The fraction of sp³-hybridized carbons (Fsp3) is 0.182. The van der Waals surface area contributed by atoms with Crippen LogP contribution in [0.4, 0.5) is 0 Å². The molecular formula is C11H10N4O. The molecule has 0 aliphatic rings. The van der Waals surface area contributed by atoms with Gasteiger partial charge < -0.3 is 5.32 Å². The second-order valence-corrected chi connectivity index (χ2v) is 3.24. The van der Waals surface area contributed by atoms with Crippen LogP contribution in [0.15, 0.2) is 18.5 Å². The number of nitrogens with one attached hydrogen (secondary N) is 2. The van der Waals surface area contributed by atoms with Crippen LogP contribution >= 0.6 is 0 Å². The molecule has 0 saturated heterocycles. The summed E-state index contributed by atoms with van der Waals surface area (Å²) in [6.45, 7) is 1.81. The van der Waals surface area contributed by atoms with Gasteiger partial charge in [0.15, 0.2) is 5.65 Å². The molecule has 0 radical (unpaired) electrons. The van der Waals surface area contributed by atoms with E-state index in [-0.39, 0.29) is 5.91 Å². The van der Waals surface area contributed by atoms with E-state index in [1.807, 2.05) is 6.07 Å². The Morgan fingerprint density at radius 3 is 3.25 bits per heavy atom. The van der Waals surface area contributed by atoms with Crippen LogP contribution in [-0.4, -0.2) is 27.6 Å². The Labute approximate surface area is 92.3 Å². The normalized spacial score (nSPS) is 9.56. The zero-order valence-electron chi connectivity index (χ0n) is 8.74. The summed E-state index contributed by atoms with van der Waals surface area (Å²) < 4.78 is 0. The van der Waals surface area contributed by atoms with Gasteiger partial charge in [-0.25, -0.2) is 4.98 Å². The molecule has 80 valence electrons. The van der Waals surface area contributed by atoms with Crippen molar-refractivity contribution in [2.75, 3.05) is 6.54 Å². The maximum atomic E-state index is 10.6. The minimum Gasteiger partial charge on any atom is -0.345 e. The van der Waals surface area contributed by atoms with Crippen LogP contribution in [0.2, 0.25) is 0 Å². The summed E-state index contributed by atoms with van der Waals surface area (Å²) in [6.07, 6.45) is 3.36. The van der Waals surface area contributed by atoms with Crippen molar-refractivity contribution < 1.29 is 4.79 Å². The van der Waals surface area contributed by atoms with E-state index in [4.69, 9.17) is 0 Å². The number of carbonyl (C=O) groups is 1. The van der Waals surface area contributed by atoms with Gasteiger partial charge in [-0.3, -0.25) is 9.89 Å². The zero-order chi connectivity index (χ0) is 11.4. The fourth-order valence-electron chi connectivity index (χ4n) is 1.22. The summed E-state index contributed by atoms with van der Waals surface area (Å²) in [4.78, 5) is 14.7. The van der Waals surface area contributed by atoms with E-state index in [0.29, 0.717) is 6.54 Å². The molecule has 0 spiro atoms. The van der Waals surface area contributed by atoms with Crippen LogP contribution in [0, 0.1) is 11.8 Å². The highest BCUT2D eigenvalue weighted by atomic mass is 16.1. The fourth-order valence-corrected chi connectivity index (χ4v) is 1.22. The zero-order valence-corrected chi connectivity index (χ0v) is 8.74. The van der Waals surface area contributed by atoms with Crippen LogP contribution in [0.3, 0.4) is 0 Å². The van der Waals surface area contributed by atoms with Gasteiger partial charge in [-0.1, -0.05) is 11.8 Å². The van der Waals surface area contributed by atoms with Crippen LogP contribution in [0.25, 0.3) is 11.0 Å². The van der Waals surface area contributed by atoms with Crippen LogP contribution in [0.5, 0.6) is 0 Å². The highest BCUT2D eigenvalue weighted by Gasteiger charge is 1.96. The molecule has 0 unspecified atom stereocenters. The van der Waals surface area contributed by atoms with Crippen molar-refractivity contribution in [3.8, 4) is 11.8 Å². The summed E-state index contributed by atoms with van der Waals surface area (Å²) in [6, 6.07) is 1.90. The Kier molecular flexibility index (Phi) is 2.83. The van der Waals surface area contributed by atoms with Gasteiger partial charge in [0, 0.05) is 24.1 Å². The number of hydrogen-bond acceptors (Lipinski definition) is 3. The van der Waals surface area contributed by atoms with Gasteiger partial charge in [0.25, 0.3) is 0 Å². The van der Waals surface area contributed by atoms with E-state index in [0.717, 1.165) is 16.6 Å². The predicted octanol–water partition coefficient (Wildman–Crippen LogP) is 0.446. The number of pyridine rings is 1. The summed E-state index contributed by atoms with van der Waals surface area (Å²) >= 11 is 0. The molecule has 0 aliphatic heterocycles. The standard InChI is InChI=1S/C11H10N4O/c1-8(16)12-4-2-3-9-5-10-7-14-15-11(10)13-6-9/h5-7H,4H2,1H3,(H,12,16)(H,13,14,15). The Balaban J connectivity index is 2.11. The van der Waals surface area contributed by atoms with Crippen molar-refractivity contribution in [1.29, 1.82) is 0 Å². The molecule has 5 heteroatoms. The maximum Gasteiger partial charge on any atom is 0.217 e. The molecule has 5 nitrogen and oxygen atoms in total. The van der Waals surface area contributed by atoms with Crippen molar-refractivity contribution >= 4 is 16.9 Å². The van der Waals surface area contributed by atoms with Crippen LogP contribution in [0.1, 0.15) is 12.5 Å². The monoisotopic (exact) mass is 214 g/mol. The van der Waals surface area contributed by atoms with Crippen molar-refractivity contribution in [2.45, 2.75) is 6.92 Å². The Morgan fingerprint density at radius 1 is 1.56 bits per heavy atom. The Morgan fingerprint density at radius 2 is 2.44 bits per heavy atom. The van der Waals surface area contributed by atoms with E-state index in [1.165, 1.54) is 6.92 Å². The minimum atomic E-state index is -0.0855. The van der Waals surface area contributed by atoms with Gasteiger partial charge in [0.1, 0.15) is 0 Å². The molecule has 0 saturated carbocycles. The molecule has 1 amide bonds. The SMILES string of the molecule is CC(=O)NCC#Cc1cnc2[nH]ncc2c1. The summed E-state index contributed by atoms with van der Waals surface area (Å²) in [7, 11) is 0. The number of hydrogen-bond donors (Lipinski definition) is 2. The van der Waals surface area contributed by atoms with E-state index in [2.05, 4.69) is 32.3 Å². The van der Waals surface area contributed by atoms with E-state index >= 15 is 0 Å². The number of rotatable bonds is 1. The highest BCUT2D eigenvalue weighted by Crippen LogP contribution is 2.08. The first kappa shape index (κ1) is 10.2. The third-order valence-electron chi connectivity index (χ3n) is 1.95. The lowest BCUT2D eigenvalue weighted by atomic mass is 10.2. The molecule has 0 atom stereocenters. The van der Waals surface area contributed by atoms with Gasteiger partial charge in [-0.2, -0.15) is 5.10 Å². The molecule has 0 aliphatic carbocycles. The van der Waals surface area contributed by atoms with Gasteiger partial charge in [0.05, 0.1) is 12.7 Å². The first-order valence-electron chi connectivity index (χ1n) is 4.78. The average molecular weight is 214 g/mol. The largest absolute Gasteiger partial charge is 0.345 e. The number of carbonyl (C=O) groups excluding carboxylic acids is 1. The highest BCUT2D eigenvalue weighted by molar-refractivity contribution is 5.75. The lowest BCUT2D eigenvalue weighted by molar-refractivity contribution is -0.118. The molecule has 2 rings (SSSR count). The number of fused-ring (bicyclic) bond motifs is 1. The van der Waals surface area contributed by atoms with Crippen molar-refractivity contribution in [2.24, 2.45) is 0 Å². The first-order valence-corrected chi connectivity index (χ1v) is 4.78. The minimum absolute atomic E-state index is 0.0855. The quantitative estimate of drug-likeness (QED) is 0.677. The summed E-state index contributed by atoms with van der Waals surface area (Å²) in [5.41, 5.74) is 1.55.